The average molecular weight is 757 g/mol. The molecule has 1 aromatic carbocycles. The summed E-state index contributed by atoms with van der Waals surface area (Å²) in [5, 5.41) is 21.6. The van der Waals surface area contributed by atoms with Gasteiger partial charge in [-0.05, 0) is 6.92 Å². The van der Waals surface area contributed by atoms with E-state index in [9.17, 15) is 38.7 Å². The normalized spacial score (nSPS) is 18.0. The van der Waals surface area contributed by atoms with Crippen molar-refractivity contribution in [1.82, 2.24) is 31.5 Å². The topological polar surface area (TPSA) is 229 Å². The zero-order valence-electron chi connectivity index (χ0n) is 27.7. The van der Waals surface area contributed by atoms with E-state index in [1.807, 2.05) is 30.3 Å². The molecule has 8 N–H and O–H groups in total. The summed E-state index contributed by atoms with van der Waals surface area (Å²) >= 11 is 4.08. The Kier molecular flexibility index (Phi) is 16.3. The van der Waals surface area contributed by atoms with Crippen LogP contribution in [0.2, 0.25) is 5.32 Å². The number of carboxylic acid groups (broad SMARTS) is 1. The number of thiol groups is 1. The Bertz CT molecular complexity index is 1320. The number of nitrogens with one attached hydrogen (secondary N) is 5. The number of nitrogens with zero attached hydrogens (tertiary/aromatic N) is 1. The van der Waals surface area contributed by atoms with Crippen LogP contribution in [-0.2, 0) is 33.6 Å². The summed E-state index contributed by atoms with van der Waals surface area (Å²) in [6.07, 6.45) is 0.877. The third kappa shape index (κ3) is 12.4. The number of rotatable bonds is 17. The molecule has 7 atom stereocenters. The molecule has 2 rings (SSSR count). The van der Waals surface area contributed by atoms with Gasteiger partial charge >= 0.3 is 244 Å². The number of carbonyl (C=O) groups excluding carboxylic acids is 6. The summed E-state index contributed by atoms with van der Waals surface area (Å²) in [5.41, 5.74) is 5.63. The minimum atomic E-state index is -1.23. The first-order valence-corrected chi connectivity index (χ1v) is 18.2. The number of carboxylic acids is 1. The zero-order chi connectivity index (χ0) is 36.1. The predicted octanol–water partition coefficient (Wildman–Crippen LogP) is -2.09. The van der Waals surface area contributed by atoms with Gasteiger partial charge in [0.05, 0.1) is 6.04 Å². The summed E-state index contributed by atoms with van der Waals surface area (Å²) in [4.78, 5) is 90.6. The van der Waals surface area contributed by atoms with Crippen molar-refractivity contribution < 1.29 is 38.7 Å². The van der Waals surface area contributed by atoms with E-state index in [2.05, 4.69) is 39.2 Å². The van der Waals surface area contributed by atoms with Crippen molar-refractivity contribution >= 4 is 73.5 Å². The second-order valence-electron chi connectivity index (χ2n) is 12.0. The number of hydrogen-bond acceptors (Lipinski definition) is 9. The Hall–Kier alpha value is -3.66. The summed E-state index contributed by atoms with van der Waals surface area (Å²) < 4.78 is 0.968. The molecular formula is C31H47N7O8SSe. The third-order valence-electron chi connectivity index (χ3n) is 7.51. The van der Waals surface area contributed by atoms with Crippen molar-refractivity contribution in [3.63, 3.8) is 0 Å². The van der Waals surface area contributed by atoms with Crippen LogP contribution in [0.5, 0.6) is 0 Å². The van der Waals surface area contributed by atoms with Gasteiger partial charge in [0.15, 0.2) is 0 Å². The second-order valence-corrected chi connectivity index (χ2v) is 15.1. The molecule has 15 nitrogen and oxygen atoms in total. The van der Waals surface area contributed by atoms with E-state index in [0.717, 1.165) is 4.46 Å². The first kappa shape index (κ1) is 40.5. The van der Waals surface area contributed by atoms with Crippen molar-refractivity contribution in [2.75, 3.05) is 13.1 Å². The van der Waals surface area contributed by atoms with Gasteiger partial charge in [-0.25, -0.2) is 0 Å². The van der Waals surface area contributed by atoms with E-state index >= 15 is 0 Å². The van der Waals surface area contributed by atoms with Crippen molar-refractivity contribution in [1.29, 1.82) is 0 Å². The van der Waals surface area contributed by atoms with Crippen LogP contribution in [0.1, 0.15) is 47.5 Å². The molecule has 0 aromatic heterocycles. The molecule has 1 aromatic rings. The van der Waals surface area contributed by atoms with Crippen molar-refractivity contribution in [3.8, 4) is 0 Å². The van der Waals surface area contributed by atoms with Crippen molar-refractivity contribution in [3.05, 3.63) is 30.3 Å². The van der Waals surface area contributed by atoms with Gasteiger partial charge in [0.2, 0.25) is 5.91 Å². The molecule has 0 bridgehead atoms. The fourth-order valence-corrected chi connectivity index (χ4v) is 6.90. The summed E-state index contributed by atoms with van der Waals surface area (Å²) in [6, 6.07) is 3.27. The van der Waals surface area contributed by atoms with Crippen LogP contribution in [-0.4, -0.2) is 121 Å². The standard InChI is InChI=1S/C31H47N7O8SSe/c1-16(2)24(29(43)34-18(4)31(45)46)36-27(41)21(15-48-20-10-7-6-8-11-20)35-23(39)14-33-28(42)22-12-9-13-38(22)30(44)25(19(5)47)37-26(40)17(3)32/h6-8,10-11,16-19,21-22,24-25,47H,9,12-15,32H2,1-5H3,(H,33,42)(H,34,43)(H,35,39)(H,36,41)(H,37,40)(H,45,46)/t17-,18-,19+,21-,22-,24-,25-/m0/s1. The van der Waals surface area contributed by atoms with E-state index in [4.69, 9.17) is 5.73 Å². The SMILES string of the molecule is CC(C)[C@H](NC(=O)[C@H](C[Se]c1ccccc1)NC(=O)CNC(=O)[C@@H]1CCCN1C(=O)[C@@H](NC(=O)[C@H](C)N)[C@@H](C)S)C(=O)N[C@@H](C)C(=O)O. The fourth-order valence-electron chi connectivity index (χ4n) is 4.72. The van der Waals surface area contributed by atoms with Crippen LogP contribution in [0.15, 0.2) is 30.3 Å². The van der Waals surface area contributed by atoms with Gasteiger partial charge in [-0.15, -0.1) is 0 Å². The number of carbonyl (C=O) groups is 7. The molecule has 0 unspecified atom stereocenters. The van der Waals surface area contributed by atoms with Crippen molar-refractivity contribution in [2.45, 2.75) is 94.3 Å². The number of likely N-dealkylation sites (tertiary alicyclic amines) is 1. The van der Waals surface area contributed by atoms with Crippen LogP contribution in [0.25, 0.3) is 0 Å². The van der Waals surface area contributed by atoms with Crippen LogP contribution < -0.4 is 36.8 Å². The maximum absolute atomic E-state index is 13.5. The number of nitrogens with two attached hydrogens (primary N) is 1. The second kappa shape index (κ2) is 19.4. The van der Waals surface area contributed by atoms with E-state index < -0.39 is 95.4 Å². The van der Waals surface area contributed by atoms with Gasteiger partial charge in [0, 0.05) is 0 Å². The Labute approximate surface area is 292 Å². The quantitative estimate of drug-likeness (QED) is 0.0643. The average Bonchev–Trinajstić information content (AvgIpc) is 3.53. The van der Waals surface area contributed by atoms with Gasteiger partial charge in [-0.2, -0.15) is 12.6 Å². The number of hydrogen-bond donors (Lipinski definition) is 8. The first-order valence-electron chi connectivity index (χ1n) is 15.7. The van der Waals surface area contributed by atoms with Gasteiger partial charge in [0.25, 0.3) is 0 Å². The molecule has 1 aliphatic rings. The van der Waals surface area contributed by atoms with Crippen LogP contribution in [0.3, 0.4) is 0 Å². The fraction of sp³-hybridized carbons (Fsp3) is 0.581. The van der Waals surface area contributed by atoms with E-state index in [1.165, 1.54) is 18.7 Å². The molecule has 1 fully saturated rings. The molecule has 17 heteroatoms. The third-order valence-corrected chi connectivity index (χ3v) is 10.1. The summed E-state index contributed by atoms with van der Waals surface area (Å²) in [5.74, 6) is -5.22. The van der Waals surface area contributed by atoms with Gasteiger partial charge in [-0.3, -0.25) is 4.79 Å². The molecule has 0 saturated carbocycles. The number of benzene rings is 1. The minimum absolute atomic E-state index is 0.224. The van der Waals surface area contributed by atoms with E-state index in [1.54, 1.807) is 20.8 Å². The Morgan fingerprint density at radius 3 is 2.10 bits per heavy atom. The van der Waals surface area contributed by atoms with Crippen LogP contribution >= 0.6 is 12.6 Å². The monoisotopic (exact) mass is 757 g/mol. The maximum atomic E-state index is 13.5. The van der Waals surface area contributed by atoms with E-state index in [-0.39, 0.29) is 26.8 Å². The molecule has 0 aliphatic carbocycles. The van der Waals surface area contributed by atoms with Gasteiger partial charge in [-0.1, -0.05) is 6.92 Å². The van der Waals surface area contributed by atoms with E-state index in [0.29, 0.717) is 12.8 Å². The Morgan fingerprint density at radius 1 is 0.917 bits per heavy atom. The van der Waals surface area contributed by atoms with Crippen LogP contribution in [0, 0.1) is 5.92 Å². The molecule has 1 heterocycles. The van der Waals surface area contributed by atoms with Crippen molar-refractivity contribution in [2.24, 2.45) is 11.7 Å². The summed E-state index contributed by atoms with van der Waals surface area (Å²) in [7, 11) is 0. The predicted molar refractivity (Wildman–Crippen MR) is 182 cm³/mol. The van der Waals surface area contributed by atoms with Gasteiger partial charge < -0.3 is 5.73 Å². The van der Waals surface area contributed by atoms with Gasteiger partial charge in [0.1, 0.15) is 0 Å². The zero-order valence-corrected chi connectivity index (χ0v) is 30.3. The first-order chi connectivity index (χ1) is 22.5. The molecule has 0 radical (unpaired) electrons. The molecule has 6 amide bonds. The Morgan fingerprint density at radius 2 is 1.54 bits per heavy atom. The molecule has 1 aliphatic heterocycles. The molecule has 0 spiro atoms. The molecule has 1 saturated heterocycles. The number of aliphatic carboxylic acids is 1. The van der Waals surface area contributed by atoms with Crippen LogP contribution in [0.4, 0.5) is 0 Å². The molecular weight excluding hydrogens is 709 g/mol. The molecule has 266 valence electrons. The number of amides is 6. The Balaban J connectivity index is 2.12. The summed E-state index contributed by atoms with van der Waals surface area (Å²) in [6.45, 7) is 7.59. The molecule has 48 heavy (non-hydrogen) atoms.